The first-order valence-electron chi connectivity index (χ1n) is 0. The van der Waals surface area contributed by atoms with Crippen molar-refractivity contribution in [2.75, 3.05) is 0 Å². The van der Waals surface area contributed by atoms with Crippen LogP contribution >= 0.6 is 9.90 Å². The topological polar surface area (TPSA) is 0 Å². The van der Waals surface area contributed by atoms with Gasteiger partial charge in [0.2, 0.25) is 0 Å². The second-order valence-electron chi connectivity index (χ2n) is 0. The zero-order valence-electron chi connectivity index (χ0n) is 1.15. The Hall–Kier alpha value is 2.38. The van der Waals surface area contributed by atoms with Crippen molar-refractivity contribution in [1.82, 2.24) is 0 Å². The first kappa shape index (κ1) is 32.6. The Bertz CT molecular complexity index is 8.00. The molecule has 0 aliphatic heterocycles. The van der Waals surface area contributed by atoms with Gasteiger partial charge in [-0.15, -0.1) is 0 Å². The van der Waals surface area contributed by atoms with Crippen LogP contribution in [0.4, 0.5) is 0 Å². The van der Waals surface area contributed by atoms with E-state index in [9.17, 15) is 0 Å². The molecule has 0 saturated carbocycles. The van der Waals surface area contributed by atoms with Gasteiger partial charge in [-0.1, -0.05) is 0 Å². The molecule has 19 valence electrons. The van der Waals surface area contributed by atoms with E-state index in [-0.39, 0.29) is 70.4 Å². The molecule has 0 aromatic heterocycles. The molecule has 0 aliphatic rings. The van der Waals surface area contributed by atoms with Crippen molar-refractivity contribution in [2.45, 2.75) is 0 Å². The molecule has 1 unspecified atom stereocenters. The molecule has 0 amide bonds. The van der Waals surface area contributed by atoms with E-state index in [2.05, 4.69) is 0 Å². The molecule has 0 aromatic carbocycles. The standard InChI is InChI=1S/Li.Mg.H3P.V.3H/h;;1H3;;;;. The molecule has 0 saturated heterocycles. The molecule has 0 bridgehead atoms. The van der Waals surface area contributed by atoms with Crippen LogP contribution in [0.2, 0.25) is 0 Å². The molecule has 0 nitrogen and oxygen atoms in total. The van der Waals surface area contributed by atoms with Crippen LogP contribution in [-0.2, 0) is 18.6 Å². The molecule has 0 N–H and O–H groups in total. The van der Waals surface area contributed by atoms with Crippen LogP contribution in [0.5, 0.6) is 0 Å². The predicted molar refractivity (Wildman–Crippen MR) is 26.8 cm³/mol. The van der Waals surface area contributed by atoms with E-state index in [1.165, 1.54) is 0 Å². The van der Waals surface area contributed by atoms with E-state index in [0.29, 0.717) is 0 Å². The fourth-order valence-corrected chi connectivity index (χ4v) is 0. The quantitative estimate of drug-likeness (QED) is 0.269. The van der Waals surface area contributed by atoms with Crippen LogP contribution in [0.25, 0.3) is 0 Å². The molecule has 1 radical (unpaired) electrons. The van der Waals surface area contributed by atoms with Gasteiger partial charge in [0, 0.05) is 18.6 Å². The average Bonchev–Trinajstić information content (AvgIpc) is 0. The van der Waals surface area contributed by atoms with Gasteiger partial charge in [-0.3, -0.25) is 0 Å². The summed E-state index contributed by atoms with van der Waals surface area (Å²) in [6.07, 6.45) is 0. The molecule has 0 fully saturated rings. The van der Waals surface area contributed by atoms with Gasteiger partial charge >= 0.3 is 41.9 Å². The van der Waals surface area contributed by atoms with E-state index in [0.717, 1.165) is 0 Å². The van der Waals surface area contributed by atoms with Crippen LogP contribution in [0.1, 0.15) is 0 Å². The Morgan fingerprint density at radius 1 is 1.00 bits per heavy atom. The molecular formula is H6LiMgPV. The fourth-order valence-electron chi connectivity index (χ4n) is 0. The maximum absolute atomic E-state index is 0. The Labute approximate surface area is 69.7 Å². The van der Waals surface area contributed by atoms with E-state index in [1.54, 1.807) is 0 Å². The zero-order valence-corrected chi connectivity index (χ0v) is 3.97. The van der Waals surface area contributed by atoms with Crippen LogP contribution in [0, 0.1) is 0 Å². The molecule has 4 heavy (non-hydrogen) atoms. The third-order valence-electron chi connectivity index (χ3n) is 0. The SMILES string of the molecule is P.[LiH].[MgH2].[V]. The molecular weight excluding hydrogens is 113 g/mol. The Kier molecular flexibility index (Phi) is 149. The summed E-state index contributed by atoms with van der Waals surface area (Å²) >= 11 is 0. The zero-order chi connectivity index (χ0) is 0. The summed E-state index contributed by atoms with van der Waals surface area (Å²) in [6.45, 7) is 0. The van der Waals surface area contributed by atoms with Gasteiger partial charge < -0.3 is 0 Å². The van der Waals surface area contributed by atoms with Crippen LogP contribution < -0.4 is 0 Å². The van der Waals surface area contributed by atoms with Gasteiger partial charge in [0.25, 0.3) is 0 Å². The third kappa shape index (κ3) is 8.83. The largest absolute Gasteiger partial charge is 0.316 e. The monoisotopic (exact) mass is 119 g/mol. The summed E-state index contributed by atoms with van der Waals surface area (Å²) in [4.78, 5) is 0. The normalized spacial score (nSPS) is 0. The van der Waals surface area contributed by atoms with Crippen LogP contribution in [0.15, 0.2) is 0 Å². The van der Waals surface area contributed by atoms with Gasteiger partial charge in [0.15, 0.2) is 0 Å². The average molecular weight is 119 g/mol. The van der Waals surface area contributed by atoms with Crippen LogP contribution in [0.3, 0.4) is 0 Å². The van der Waals surface area contributed by atoms with E-state index in [1.807, 2.05) is 0 Å². The van der Waals surface area contributed by atoms with Gasteiger partial charge in [-0.2, -0.15) is 9.90 Å². The van der Waals surface area contributed by atoms with E-state index in [4.69, 9.17) is 0 Å². The first-order chi connectivity index (χ1) is 0. The van der Waals surface area contributed by atoms with Gasteiger partial charge in [0.05, 0.1) is 0 Å². The van der Waals surface area contributed by atoms with E-state index >= 15 is 0 Å². The molecule has 1 atom stereocenters. The van der Waals surface area contributed by atoms with Crippen molar-refractivity contribution < 1.29 is 18.6 Å². The van der Waals surface area contributed by atoms with Crippen molar-refractivity contribution >= 4 is 51.8 Å². The second-order valence-corrected chi connectivity index (χ2v) is 0. The Balaban J connectivity index is 0. The second kappa shape index (κ2) is 18.2. The van der Waals surface area contributed by atoms with Crippen molar-refractivity contribution in [2.24, 2.45) is 0 Å². The summed E-state index contributed by atoms with van der Waals surface area (Å²) in [6, 6.07) is 0. The summed E-state index contributed by atoms with van der Waals surface area (Å²) in [5.41, 5.74) is 0. The minimum absolute atomic E-state index is 0. The van der Waals surface area contributed by atoms with Gasteiger partial charge in [0.1, 0.15) is 0 Å². The van der Waals surface area contributed by atoms with Crippen molar-refractivity contribution in [3.05, 3.63) is 0 Å². The Morgan fingerprint density at radius 2 is 1.00 bits per heavy atom. The Morgan fingerprint density at radius 3 is 1.00 bits per heavy atom. The molecule has 0 spiro atoms. The number of rotatable bonds is 0. The minimum Gasteiger partial charge on any atom is 0 e. The third-order valence-corrected chi connectivity index (χ3v) is 0. The number of hydrogen-bond donors (Lipinski definition) is 0. The number of hydrogen-bond acceptors (Lipinski definition) is 0. The van der Waals surface area contributed by atoms with Crippen molar-refractivity contribution in [3.8, 4) is 0 Å². The predicted octanol–water partition coefficient (Wildman–Crippen LogP) is -1.51. The summed E-state index contributed by atoms with van der Waals surface area (Å²) < 4.78 is 0. The molecule has 4 heteroatoms. The van der Waals surface area contributed by atoms with Crippen LogP contribution in [-0.4, -0.2) is 41.9 Å². The fraction of sp³-hybridized carbons (Fsp3) is 0. The maximum Gasteiger partial charge on any atom is 0.316 e. The smallest absolute Gasteiger partial charge is 0 e. The molecule has 0 aromatic rings. The maximum atomic E-state index is 0. The molecule has 0 heterocycles. The summed E-state index contributed by atoms with van der Waals surface area (Å²) in [7, 11) is 0. The van der Waals surface area contributed by atoms with Crippen molar-refractivity contribution in [1.29, 1.82) is 0 Å². The molecule has 0 aliphatic carbocycles. The minimum atomic E-state index is 0. The van der Waals surface area contributed by atoms with Crippen molar-refractivity contribution in [3.63, 3.8) is 0 Å². The molecule has 0 rings (SSSR count). The van der Waals surface area contributed by atoms with Gasteiger partial charge in [-0.05, 0) is 0 Å². The van der Waals surface area contributed by atoms with E-state index < -0.39 is 0 Å². The first-order valence-corrected chi connectivity index (χ1v) is 0. The van der Waals surface area contributed by atoms with Gasteiger partial charge in [-0.25, -0.2) is 0 Å². The summed E-state index contributed by atoms with van der Waals surface area (Å²) in [5.74, 6) is 0. The summed E-state index contributed by atoms with van der Waals surface area (Å²) in [5, 5.41) is 0.